The third-order valence-electron chi connectivity index (χ3n) is 3.32. The fraction of sp³-hybridized carbons (Fsp3) is 0.571. The highest BCUT2D eigenvalue weighted by Gasteiger charge is 2.21. The molecule has 2 N–H and O–H groups in total. The number of amides is 1. The molecule has 0 saturated carbocycles. The Labute approximate surface area is 139 Å². The van der Waals surface area contributed by atoms with Crippen LogP contribution < -0.4 is 5.73 Å². The van der Waals surface area contributed by atoms with Crippen LogP contribution in [0.15, 0.2) is 6.07 Å². The number of hydrogen-bond acceptors (Lipinski definition) is 5. The van der Waals surface area contributed by atoms with Gasteiger partial charge in [-0.05, 0) is 23.8 Å². The molecular weight excluding hydrogens is 324 g/mol. The fourth-order valence-electron chi connectivity index (χ4n) is 2.17. The van der Waals surface area contributed by atoms with Crippen LogP contribution in [0.2, 0.25) is 0 Å². The first-order valence-corrected chi connectivity index (χ1v) is 9.25. The molecule has 2 rings (SSSR count). The lowest BCUT2D eigenvalue weighted by Crippen LogP contribution is -2.35. The average molecular weight is 345 g/mol. The molecule has 1 aliphatic rings. The van der Waals surface area contributed by atoms with Crippen molar-refractivity contribution in [1.29, 1.82) is 0 Å². The van der Waals surface area contributed by atoms with E-state index < -0.39 is 0 Å². The van der Waals surface area contributed by atoms with Crippen molar-refractivity contribution in [2.75, 3.05) is 32.6 Å². The van der Waals surface area contributed by atoms with Crippen LogP contribution in [-0.2, 0) is 16.9 Å². The zero-order valence-corrected chi connectivity index (χ0v) is 14.5. The summed E-state index contributed by atoms with van der Waals surface area (Å²) in [5.41, 5.74) is 6.87. The summed E-state index contributed by atoms with van der Waals surface area (Å²) in [6.07, 6.45) is 1.62. The van der Waals surface area contributed by atoms with Gasteiger partial charge < -0.3 is 15.4 Å². The second-order valence-electron chi connectivity index (χ2n) is 4.86. The number of thiophene rings is 1. The number of thioether (sulfide) groups is 1. The molecule has 0 saturated heterocycles. The molecular formula is C14H20N2O2S3. The SMILES string of the molecule is COCCN(CCC(N)=S)C(=O)c1cc2c(s1)CCSC2. The van der Waals surface area contributed by atoms with Crippen molar-refractivity contribution in [2.24, 2.45) is 5.73 Å². The van der Waals surface area contributed by atoms with Crippen LogP contribution in [0.4, 0.5) is 0 Å². The van der Waals surface area contributed by atoms with Crippen LogP contribution in [0.1, 0.15) is 26.5 Å². The number of thiocarbonyl (C=S) groups is 1. The second-order valence-corrected chi connectivity index (χ2v) is 7.63. The molecule has 21 heavy (non-hydrogen) atoms. The van der Waals surface area contributed by atoms with Gasteiger partial charge in [0.25, 0.3) is 5.91 Å². The summed E-state index contributed by atoms with van der Waals surface area (Å²) >= 11 is 8.47. The topological polar surface area (TPSA) is 55.6 Å². The minimum atomic E-state index is 0.0627. The lowest BCUT2D eigenvalue weighted by Gasteiger charge is -2.21. The number of hydrogen-bond donors (Lipinski definition) is 1. The number of ether oxygens (including phenoxy) is 1. The molecule has 1 aromatic rings. The summed E-state index contributed by atoms with van der Waals surface area (Å²) in [5.74, 6) is 2.23. The molecule has 0 unspecified atom stereocenters. The van der Waals surface area contributed by atoms with E-state index in [0.717, 1.165) is 22.8 Å². The van der Waals surface area contributed by atoms with Crippen molar-refractivity contribution < 1.29 is 9.53 Å². The quantitative estimate of drug-likeness (QED) is 0.769. The maximum Gasteiger partial charge on any atom is 0.264 e. The first-order valence-electron chi connectivity index (χ1n) is 6.87. The van der Waals surface area contributed by atoms with E-state index in [2.05, 4.69) is 6.07 Å². The minimum absolute atomic E-state index is 0.0627. The van der Waals surface area contributed by atoms with E-state index in [1.807, 2.05) is 11.8 Å². The van der Waals surface area contributed by atoms with Gasteiger partial charge in [0.1, 0.15) is 0 Å². The molecule has 0 aliphatic carbocycles. The number of nitrogens with zero attached hydrogens (tertiary/aromatic N) is 1. The van der Waals surface area contributed by atoms with Gasteiger partial charge in [0.05, 0.1) is 16.5 Å². The van der Waals surface area contributed by atoms with Gasteiger partial charge in [-0.15, -0.1) is 11.3 Å². The number of rotatable bonds is 7. The first-order chi connectivity index (χ1) is 10.1. The Morgan fingerprint density at radius 3 is 3.00 bits per heavy atom. The highest BCUT2D eigenvalue weighted by atomic mass is 32.2. The van der Waals surface area contributed by atoms with Gasteiger partial charge >= 0.3 is 0 Å². The van der Waals surface area contributed by atoms with Crippen LogP contribution in [-0.4, -0.2) is 48.4 Å². The smallest absolute Gasteiger partial charge is 0.264 e. The van der Waals surface area contributed by atoms with Crippen molar-refractivity contribution in [1.82, 2.24) is 4.90 Å². The monoisotopic (exact) mass is 344 g/mol. The maximum atomic E-state index is 12.7. The van der Waals surface area contributed by atoms with E-state index in [1.54, 1.807) is 23.3 Å². The van der Waals surface area contributed by atoms with Gasteiger partial charge in [-0.1, -0.05) is 12.2 Å². The molecule has 0 bridgehead atoms. The van der Waals surface area contributed by atoms with Crippen LogP contribution in [0.3, 0.4) is 0 Å². The Morgan fingerprint density at radius 1 is 1.52 bits per heavy atom. The molecule has 7 heteroatoms. The van der Waals surface area contributed by atoms with E-state index in [9.17, 15) is 4.79 Å². The number of fused-ring (bicyclic) bond motifs is 1. The number of nitrogens with two attached hydrogens (primary N) is 1. The summed E-state index contributed by atoms with van der Waals surface area (Å²) in [4.78, 5) is 17.1. The largest absolute Gasteiger partial charge is 0.393 e. The second kappa shape index (κ2) is 8.12. The number of methoxy groups -OCH3 is 1. The van der Waals surface area contributed by atoms with Gasteiger partial charge in [0, 0.05) is 37.3 Å². The average Bonchev–Trinajstić information content (AvgIpc) is 2.90. The van der Waals surface area contributed by atoms with E-state index in [4.69, 9.17) is 22.7 Å². The van der Waals surface area contributed by atoms with Gasteiger partial charge in [-0.3, -0.25) is 4.79 Å². The lowest BCUT2D eigenvalue weighted by molar-refractivity contribution is 0.0706. The first kappa shape index (κ1) is 16.7. The molecule has 0 spiro atoms. The molecule has 2 heterocycles. The van der Waals surface area contributed by atoms with Crippen molar-refractivity contribution >= 4 is 46.2 Å². The third-order valence-corrected chi connectivity index (χ3v) is 5.76. The standard InChI is InChI=1S/C14H20N2O2S3/c1-18-6-5-16(4-2-13(15)19)14(17)12-8-10-9-20-7-3-11(10)21-12/h8H,2-7,9H2,1H3,(H2,15,19). The molecule has 0 aromatic carbocycles. The van der Waals surface area contributed by atoms with Crippen LogP contribution in [0.5, 0.6) is 0 Å². The van der Waals surface area contributed by atoms with Crippen molar-refractivity contribution in [3.8, 4) is 0 Å². The molecule has 1 amide bonds. The number of aryl methyl sites for hydroxylation is 1. The van der Waals surface area contributed by atoms with Crippen LogP contribution >= 0.6 is 35.3 Å². The molecule has 0 fully saturated rings. The predicted molar refractivity (Wildman–Crippen MR) is 93.4 cm³/mol. The van der Waals surface area contributed by atoms with E-state index in [-0.39, 0.29) is 5.91 Å². The summed E-state index contributed by atoms with van der Waals surface area (Å²) < 4.78 is 5.09. The predicted octanol–water partition coefficient (Wildman–Crippen LogP) is 2.30. The van der Waals surface area contributed by atoms with Crippen molar-refractivity contribution in [3.05, 3.63) is 21.4 Å². The molecule has 4 nitrogen and oxygen atoms in total. The fourth-order valence-corrected chi connectivity index (χ4v) is 4.60. The van der Waals surface area contributed by atoms with Crippen molar-refractivity contribution in [2.45, 2.75) is 18.6 Å². The summed E-state index contributed by atoms with van der Waals surface area (Å²) in [7, 11) is 1.64. The van der Waals surface area contributed by atoms with Gasteiger partial charge in [0.15, 0.2) is 0 Å². The van der Waals surface area contributed by atoms with Crippen molar-refractivity contribution in [3.63, 3.8) is 0 Å². The Morgan fingerprint density at radius 2 is 2.33 bits per heavy atom. The maximum absolute atomic E-state index is 12.7. The molecule has 0 atom stereocenters. The van der Waals surface area contributed by atoms with Gasteiger partial charge in [-0.25, -0.2) is 0 Å². The van der Waals surface area contributed by atoms with Crippen LogP contribution in [0.25, 0.3) is 0 Å². The Balaban J connectivity index is 2.08. The Kier molecular flexibility index (Phi) is 6.47. The highest BCUT2D eigenvalue weighted by Crippen LogP contribution is 2.32. The molecule has 116 valence electrons. The zero-order valence-electron chi connectivity index (χ0n) is 12.1. The molecule has 1 aliphatic heterocycles. The summed E-state index contributed by atoms with van der Waals surface area (Å²) in [5, 5.41) is 0. The lowest BCUT2D eigenvalue weighted by atomic mass is 10.2. The normalized spacial score (nSPS) is 13.8. The minimum Gasteiger partial charge on any atom is -0.393 e. The number of carbonyl (C=O) groups is 1. The molecule has 0 radical (unpaired) electrons. The third kappa shape index (κ3) is 4.67. The van der Waals surface area contributed by atoms with Gasteiger partial charge in [-0.2, -0.15) is 11.8 Å². The Bertz CT molecular complexity index is 493. The summed E-state index contributed by atoms with van der Waals surface area (Å²) in [6, 6.07) is 2.05. The van der Waals surface area contributed by atoms with E-state index in [1.165, 1.54) is 10.4 Å². The molecule has 1 aromatic heterocycles. The summed E-state index contributed by atoms with van der Waals surface area (Å²) in [6.45, 7) is 1.63. The zero-order chi connectivity index (χ0) is 15.2. The number of carbonyl (C=O) groups excluding carboxylic acids is 1. The van der Waals surface area contributed by atoms with Gasteiger partial charge in [0.2, 0.25) is 0 Å². The van der Waals surface area contributed by atoms with Crippen LogP contribution in [0, 0.1) is 0 Å². The Hall–Kier alpha value is -0.630. The van der Waals surface area contributed by atoms with E-state index in [0.29, 0.717) is 31.1 Å². The van der Waals surface area contributed by atoms with E-state index >= 15 is 0 Å². The highest BCUT2D eigenvalue weighted by molar-refractivity contribution is 7.98.